The number of fused-ring (bicyclic) bond motifs is 1. The van der Waals surface area contributed by atoms with Crippen molar-refractivity contribution in [3.05, 3.63) is 70.9 Å². The van der Waals surface area contributed by atoms with Crippen molar-refractivity contribution in [3.63, 3.8) is 0 Å². The van der Waals surface area contributed by atoms with E-state index >= 15 is 0 Å². The van der Waals surface area contributed by atoms with Crippen LogP contribution in [0.25, 0.3) is 10.9 Å². The first-order valence-corrected chi connectivity index (χ1v) is 11.3. The highest BCUT2D eigenvalue weighted by atomic mass is 16.2. The van der Waals surface area contributed by atoms with Gasteiger partial charge in [0.2, 0.25) is 0 Å². The summed E-state index contributed by atoms with van der Waals surface area (Å²) >= 11 is 0. The highest BCUT2D eigenvalue weighted by molar-refractivity contribution is 6.02. The number of aromatic nitrogens is 1. The van der Waals surface area contributed by atoms with Crippen LogP contribution < -0.4 is 5.32 Å². The third kappa shape index (κ3) is 4.15. The number of likely N-dealkylation sites (tertiary alicyclic amines) is 1. The van der Waals surface area contributed by atoms with Crippen LogP contribution in [0.4, 0.5) is 0 Å². The molecule has 0 bridgehead atoms. The molecule has 1 fully saturated rings. The Kier molecular flexibility index (Phi) is 6.24. The number of benzene rings is 2. The highest BCUT2D eigenvalue weighted by Crippen LogP contribution is 2.27. The Morgan fingerprint density at radius 3 is 2.43 bits per heavy atom. The molecule has 0 spiro atoms. The number of hydrogen-bond acceptors (Lipinski definition) is 2. The van der Waals surface area contributed by atoms with Crippen molar-refractivity contribution in [2.45, 2.75) is 59.2 Å². The van der Waals surface area contributed by atoms with Gasteiger partial charge in [-0.25, -0.2) is 0 Å². The molecular formula is C26H33N3O. The molecule has 2 heterocycles. The molecule has 1 aliphatic heterocycles. The maximum Gasteiger partial charge on any atom is 0.268 e. The minimum Gasteiger partial charge on any atom is -0.348 e. The summed E-state index contributed by atoms with van der Waals surface area (Å²) < 4.78 is 2.17. The van der Waals surface area contributed by atoms with E-state index < -0.39 is 0 Å². The molecule has 3 aromatic rings. The summed E-state index contributed by atoms with van der Waals surface area (Å²) in [5, 5.41) is 4.55. The van der Waals surface area contributed by atoms with Crippen LogP contribution in [0.2, 0.25) is 0 Å². The van der Waals surface area contributed by atoms with Crippen molar-refractivity contribution >= 4 is 16.8 Å². The number of carbonyl (C=O) groups excluding carboxylic acids is 1. The molecule has 0 radical (unpaired) electrons. The summed E-state index contributed by atoms with van der Waals surface area (Å²) in [4.78, 5) is 15.7. The average Bonchev–Trinajstić information content (AvgIpc) is 3.07. The normalized spacial score (nSPS) is 15.6. The molecule has 1 aliphatic rings. The van der Waals surface area contributed by atoms with Gasteiger partial charge >= 0.3 is 0 Å². The van der Waals surface area contributed by atoms with E-state index in [9.17, 15) is 4.79 Å². The topological polar surface area (TPSA) is 37.3 Å². The van der Waals surface area contributed by atoms with Gasteiger partial charge in [-0.05, 0) is 61.9 Å². The second kappa shape index (κ2) is 9.05. The van der Waals surface area contributed by atoms with E-state index in [1.807, 2.05) is 0 Å². The van der Waals surface area contributed by atoms with Gasteiger partial charge in [-0.15, -0.1) is 0 Å². The Morgan fingerprint density at radius 2 is 1.77 bits per heavy atom. The zero-order chi connectivity index (χ0) is 21.1. The number of amides is 1. The van der Waals surface area contributed by atoms with Gasteiger partial charge in [0.05, 0.1) is 0 Å². The average molecular weight is 404 g/mol. The van der Waals surface area contributed by atoms with Gasteiger partial charge in [0.15, 0.2) is 0 Å². The van der Waals surface area contributed by atoms with Gasteiger partial charge in [-0.1, -0.05) is 43.3 Å². The summed E-state index contributed by atoms with van der Waals surface area (Å²) in [6.45, 7) is 10.2. The van der Waals surface area contributed by atoms with Gasteiger partial charge in [0.1, 0.15) is 5.69 Å². The van der Waals surface area contributed by atoms with Crippen LogP contribution in [-0.4, -0.2) is 34.5 Å². The lowest BCUT2D eigenvalue weighted by Crippen LogP contribution is -2.44. The summed E-state index contributed by atoms with van der Waals surface area (Å²) in [6, 6.07) is 17.5. The minimum absolute atomic E-state index is 0.0742. The van der Waals surface area contributed by atoms with Crippen LogP contribution in [0.5, 0.6) is 0 Å². The lowest BCUT2D eigenvalue weighted by Gasteiger charge is -2.32. The van der Waals surface area contributed by atoms with Crippen LogP contribution >= 0.6 is 0 Å². The predicted molar refractivity (Wildman–Crippen MR) is 124 cm³/mol. The summed E-state index contributed by atoms with van der Waals surface area (Å²) in [6.07, 6.45) is 3.02. The van der Waals surface area contributed by atoms with Gasteiger partial charge in [0.25, 0.3) is 5.91 Å². The Labute approximate surface area is 179 Å². The molecule has 2 aromatic carbocycles. The summed E-state index contributed by atoms with van der Waals surface area (Å²) in [7, 11) is 0. The maximum absolute atomic E-state index is 13.3. The Hall–Kier alpha value is -2.59. The zero-order valence-corrected chi connectivity index (χ0v) is 18.4. The maximum atomic E-state index is 13.3. The Balaban J connectivity index is 1.44. The van der Waals surface area contributed by atoms with E-state index in [1.54, 1.807) is 0 Å². The monoisotopic (exact) mass is 403 g/mol. The van der Waals surface area contributed by atoms with Crippen molar-refractivity contribution in [2.24, 2.45) is 0 Å². The largest absolute Gasteiger partial charge is 0.348 e. The SMILES string of the molecule is CCc1ccc2c(c1)c(C)c(C(=O)NC1CCN(Cc3ccccc3)CC1)n2CC. The van der Waals surface area contributed by atoms with Crippen LogP contribution in [0, 0.1) is 6.92 Å². The van der Waals surface area contributed by atoms with Crippen molar-refractivity contribution in [1.29, 1.82) is 0 Å². The quantitative estimate of drug-likeness (QED) is 0.634. The Bertz CT molecular complexity index is 1010. The van der Waals surface area contributed by atoms with Crippen molar-refractivity contribution < 1.29 is 4.79 Å². The van der Waals surface area contributed by atoms with Gasteiger partial charge < -0.3 is 9.88 Å². The number of rotatable bonds is 6. The number of hydrogen-bond donors (Lipinski definition) is 1. The fraction of sp³-hybridized carbons (Fsp3) is 0.423. The van der Waals surface area contributed by atoms with Crippen molar-refractivity contribution in [1.82, 2.24) is 14.8 Å². The molecule has 1 aromatic heterocycles. The number of aryl methyl sites for hydroxylation is 3. The molecule has 4 nitrogen and oxygen atoms in total. The van der Waals surface area contributed by atoms with Crippen molar-refractivity contribution in [2.75, 3.05) is 13.1 Å². The second-order valence-corrected chi connectivity index (χ2v) is 8.43. The molecule has 0 saturated carbocycles. The number of carbonyl (C=O) groups is 1. The van der Waals surface area contributed by atoms with Gasteiger partial charge in [0, 0.05) is 43.1 Å². The van der Waals surface area contributed by atoms with Crippen molar-refractivity contribution in [3.8, 4) is 0 Å². The van der Waals surface area contributed by atoms with E-state index in [1.165, 1.54) is 16.5 Å². The van der Waals surface area contributed by atoms with Crippen LogP contribution in [0.1, 0.15) is 53.9 Å². The fourth-order valence-electron chi connectivity index (χ4n) is 4.74. The lowest BCUT2D eigenvalue weighted by molar-refractivity contribution is 0.0899. The third-order valence-corrected chi connectivity index (χ3v) is 6.49. The first kappa shape index (κ1) is 20.7. The molecule has 30 heavy (non-hydrogen) atoms. The molecule has 0 aliphatic carbocycles. The smallest absolute Gasteiger partial charge is 0.268 e. The molecule has 1 amide bonds. The Morgan fingerprint density at radius 1 is 1.03 bits per heavy atom. The fourth-order valence-corrected chi connectivity index (χ4v) is 4.74. The van der Waals surface area contributed by atoms with E-state index in [-0.39, 0.29) is 11.9 Å². The molecule has 1 saturated heterocycles. The molecule has 158 valence electrons. The zero-order valence-electron chi connectivity index (χ0n) is 18.4. The minimum atomic E-state index is 0.0742. The highest BCUT2D eigenvalue weighted by Gasteiger charge is 2.25. The molecule has 0 atom stereocenters. The number of piperidine rings is 1. The standard InChI is InChI=1S/C26H33N3O/c1-4-20-11-12-24-23(17-20)19(3)25(29(24)5-2)26(30)27-22-13-15-28(16-14-22)18-21-9-7-6-8-10-21/h6-12,17,22H,4-5,13-16,18H2,1-3H3,(H,27,30). The van der Waals surface area contributed by atoms with Crippen LogP contribution in [0.15, 0.2) is 48.5 Å². The molecule has 4 heteroatoms. The molecule has 4 rings (SSSR count). The van der Waals surface area contributed by atoms with Crippen LogP contribution in [-0.2, 0) is 19.5 Å². The second-order valence-electron chi connectivity index (χ2n) is 8.43. The molecule has 0 unspecified atom stereocenters. The first-order valence-electron chi connectivity index (χ1n) is 11.3. The van der Waals surface area contributed by atoms with Crippen LogP contribution in [0.3, 0.4) is 0 Å². The van der Waals surface area contributed by atoms with Gasteiger partial charge in [-0.3, -0.25) is 9.69 Å². The van der Waals surface area contributed by atoms with E-state index in [0.717, 1.165) is 62.2 Å². The lowest BCUT2D eigenvalue weighted by atomic mass is 10.0. The molecular weight excluding hydrogens is 370 g/mol. The number of nitrogens with zero attached hydrogens (tertiary/aromatic N) is 2. The van der Waals surface area contributed by atoms with E-state index in [4.69, 9.17) is 0 Å². The predicted octanol–water partition coefficient (Wildman–Crippen LogP) is 4.93. The number of nitrogens with one attached hydrogen (secondary N) is 1. The van der Waals surface area contributed by atoms with E-state index in [2.05, 4.69) is 84.1 Å². The summed E-state index contributed by atoms with van der Waals surface area (Å²) in [5.74, 6) is 0.0742. The first-order chi connectivity index (χ1) is 14.6. The third-order valence-electron chi connectivity index (χ3n) is 6.49. The summed E-state index contributed by atoms with van der Waals surface area (Å²) in [5.41, 5.74) is 5.76. The van der Waals surface area contributed by atoms with Gasteiger partial charge in [-0.2, -0.15) is 0 Å². The van der Waals surface area contributed by atoms with E-state index in [0.29, 0.717) is 0 Å². The molecule has 1 N–H and O–H groups in total.